The van der Waals surface area contributed by atoms with Gasteiger partial charge in [0.05, 0.1) is 4.47 Å². The molecule has 21 heavy (non-hydrogen) atoms. The molecule has 2 aromatic rings. The minimum absolute atomic E-state index is 0.163. The standard InChI is InChI=1S/C15H18BrFN4/c1-7(2)14-20-13(18)9(4)15(21-14)19-12-6-11(17)10(16)5-8(12)3/h5-7H,1-4H3,(H3,18,19,20,21). The number of nitrogens with zero attached hydrogens (tertiary/aromatic N) is 2. The van der Waals surface area contributed by atoms with Crippen LogP contribution in [0, 0.1) is 19.7 Å². The van der Waals surface area contributed by atoms with Gasteiger partial charge in [0.25, 0.3) is 0 Å². The molecule has 112 valence electrons. The molecule has 0 aliphatic carbocycles. The van der Waals surface area contributed by atoms with Gasteiger partial charge in [-0.2, -0.15) is 0 Å². The van der Waals surface area contributed by atoms with E-state index in [9.17, 15) is 4.39 Å². The second-order valence-electron chi connectivity index (χ2n) is 5.30. The van der Waals surface area contributed by atoms with Crippen LogP contribution >= 0.6 is 15.9 Å². The Balaban J connectivity index is 2.46. The predicted molar refractivity (Wildman–Crippen MR) is 87.4 cm³/mol. The molecular weight excluding hydrogens is 335 g/mol. The molecule has 0 amide bonds. The first-order valence-electron chi connectivity index (χ1n) is 6.66. The van der Waals surface area contributed by atoms with E-state index in [-0.39, 0.29) is 11.7 Å². The molecule has 0 aliphatic rings. The summed E-state index contributed by atoms with van der Waals surface area (Å²) < 4.78 is 14.1. The number of hydrogen-bond acceptors (Lipinski definition) is 4. The lowest BCUT2D eigenvalue weighted by Crippen LogP contribution is -2.08. The topological polar surface area (TPSA) is 63.8 Å². The normalized spacial score (nSPS) is 11.0. The smallest absolute Gasteiger partial charge is 0.139 e. The van der Waals surface area contributed by atoms with E-state index >= 15 is 0 Å². The van der Waals surface area contributed by atoms with Crippen molar-refractivity contribution in [1.29, 1.82) is 0 Å². The summed E-state index contributed by atoms with van der Waals surface area (Å²) in [5, 5.41) is 3.15. The Morgan fingerprint density at radius 1 is 1.24 bits per heavy atom. The first kappa shape index (κ1) is 15.7. The SMILES string of the molecule is Cc1cc(Br)c(F)cc1Nc1nc(C(C)C)nc(N)c1C. The second-order valence-corrected chi connectivity index (χ2v) is 6.16. The number of aryl methyl sites for hydroxylation is 1. The quantitative estimate of drug-likeness (QED) is 0.856. The summed E-state index contributed by atoms with van der Waals surface area (Å²) in [5.41, 5.74) is 8.25. The molecule has 0 unspecified atom stereocenters. The minimum atomic E-state index is -0.327. The zero-order chi connectivity index (χ0) is 15.7. The highest BCUT2D eigenvalue weighted by Gasteiger charge is 2.13. The van der Waals surface area contributed by atoms with Crippen LogP contribution in [0.15, 0.2) is 16.6 Å². The Morgan fingerprint density at radius 2 is 1.90 bits per heavy atom. The lowest BCUT2D eigenvalue weighted by atomic mass is 10.1. The molecular formula is C15H18BrFN4. The van der Waals surface area contributed by atoms with Crippen molar-refractivity contribution in [2.75, 3.05) is 11.1 Å². The predicted octanol–water partition coefficient (Wildman–Crippen LogP) is 4.44. The molecule has 0 radical (unpaired) electrons. The van der Waals surface area contributed by atoms with Crippen LogP contribution in [-0.2, 0) is 0 Å². The van der Waals surface area contributed by atoms with E-state index in [0.717, 1.165) is 11.1 Å². The summed E-state index contributed by atoms with van der Waals surface area (Å²) in [6, 6.07) is 3.16. The van der Waals surface area contributed by atoms with Crippen LogP contribution in [0.2, 0.25) is 0 Å². The van der Waals surface area contributed by atoms with Gasteiger partial charge in [0, 0.05) is 17.2 Å². The van der Waals surface area contributed by atoms with Gasteiger partial charge < -0.3 is 11.1 Å². The third-order valence-electron chi connectivity index (χ3n) is 3.24. The van der Waals surface area contributed by atoms with Crippen molar-refractivity contribution in [1.82, 2.24) is 9.97 Å². The van der Waals surface area contributed by atoms with E-state index in [1.54, 1.807) is 6.07 Å². The Bertz CT molecular complexity index is 686. The van der Waals surface area contributed by atoms with Crippen molar-refractivity contribution in [3.05, 3.63) is 39.4 Å². The Labute approximate surface area is 132 Å². The Morgan fingerprint density at radius 3 is 2.52 bits per heavy atom. The average molecular weight is 353 g/mol. The van der Waals surface area contributed by atoms with Crippen LogP contribution in [0.25, 0.3) is 0 Å². The third kappa shape index (κ3) is 3.32. The van der Waals surface area contributed by atoms with Gasteiger partial charge in [-0.25, -0.2) is 14.4 Å². The highest BCUT2D eigenvalue weighted by Crippen LogP contribution is 2.29. The molecule has 1 aromatic carbocycles. The van der Waals surface area contributed by atoms with Crippen LogP contribution in [0.3, 0.4) is 0 Å². The maximum absolute atomic E-state index is 13.7. The number of nitrogens with one attached hydrogen (secondary N) is 1. The molecule has 1 aromatic heterocycles. The first-order chi connectivity index (χ1) is 9.79. The Kier molecular flexibility index (Phi) is 4.46. The van der Waals surface area contributed by atoms with Gasteiger partial charge in [0.15, 0.2) is 0 Å². The van der Waals surface area contributed by atoms with E-state index in [0.29, 0.717) is 27.6 Å². The van der Waals surface area contributed by atoms with Crippen molar-refractivity contribution in [2.45, 2.75) is 33.6 Å². The van der Waals surface area contributed by atoms with Gasteiger partial charge in [-0.15, -0.1) is 0 Å². The highest BCUT2D eigenvalue weighted by atomic mass is 79.9. The van der Waals surface area contributed by atoms with Gasteiger partial charge in [0.2, 0.25) is 0 Å². The van der Waals surface area contributed by atoms with Gasteiger partial charge in [0.1, 0.15) is 23.3 Å². The third-order valence-corrected chi connectivity index (χ3v) is 3.85. The number of rotatable bonds is 3. The van der Waals surface area contributed by atoms with Crippen LogP contribution < -0.4 is 11.1 Å². The van der Waals surface area contributed by atoms with E-state index in [4.69, 9.17) is 5.73 Å². The zero-order valence-corrected chi connectivity index (χ0v) is 14.0. The zero-order valence-electron chi connectivity index (χ0n) is 12.5. The second kappa shape index (κ2) is 5.97. The number of halogens is 2. The molecule has 2 rings (SSSR count). The van der Waals surface area contributed by atoms with E-state index < -0.39 is 0 Å². The van der Waals surface area contributed by atoms with Crippen molar-refractivity contribution in [3.8, 4) is 0 Å². The maximum Gasteiger partial charge on any atom is 0.139 e. The number of aromatic nitrogens is 2. The fourth-order valence-corrected chi connectivity index (χ4v) is 2.30. The lowest BCUT2D eigenvalue weighted by molar-refractivity contribution is 0.621. The van der Waals surface area contributed by atoms with Crippen molar-refractivity contribution in [3.63, 3.8) is 0 Å². The monoisotopic (exact) mass is 352 g/mol. The highest BCUT2D eigenvalue weighted by molar-refractivity contribution is 9.10. The fraction of sp³-hybridized carbons (Fsp3) is 0.333. The summed E-state index contributed by atoms with van der Waals surface area (Å²) in [5.74, 6) is 1.54. The molecule has 0 spiro atoms. The van der Waals surface area contributed by atoms with Crippen molar-refractivity contribution < 1.29 is 4.39 Å². The number of nitrogen functional groups attached to an aromatic ring is 1. The molecule has 0 saturated carbocycles. The van der Waals surface area contributed by atoms with Gasteiger partial charge in [-0.05, 0) is 47.5 Å². The van der Waals surface area contributed by atoms with Crippen LogP contribution in [0.5, 0.6) is 0 Å². The number of benzene rings is 1. The molecule has 0 saturated heterocycles. The molecule has 3 N–H and O–H groups in total. The van der Waals surface area contributed by atoms with Gasteiger partial charge in [-0.3, -0.25) is 0 Å². The molecule has 0 atom stereocenters. The summed E-state index contributed by atoms with van der Waals surface area (Å²) in [6.45, 7) is 7.74. The molecule has 4 nitrogen and oxygen atoms in total. The van der Waals surface area contributed by atoms with Crippen LogP contribution in [0.1, 0.15) is 36.7 Å². The number of hydrogen-bond donors (Lipinski definition) is 2. The molecule has 0 fully saturated rings. The minimum Gasteiger partial charge on any atom is -0.383 e. The summed E-state index contributed by atoms with van der Waals surface area (Å²) in [4.78, 5) is 8.76. The fourth-order valence-electron chi connectivity index (χ4n) is 1.84. The number of anilines is 3. The van der Waals surface area contributed by atoms with Gasteiger partial charge >= 0.3 is 0 Å². The molecule has 1 heterocycles. The molecule has 6 heteroatoms. The van der Waals surface area contributed by atoms with Crippen molar-refractivity contribution in [2.24, 2.45) is 0 Å². The van der Waals surface area contributed by atoms with E-state index in [1.807, 2.05) is 27.7 Å². The van der Waals surface area contributed by atoms with Crippen LogP contribution in [-0.4, -0.2) is 9.97 Å². The van der Waals surface area contributed by atoms with Crippen LogP contribution in [0.4, 0.5) is 21.7 Å². The summed E-state index contributed by atoms with van der Waals surface area (Å²) >= 11 is 3.17. The average Bonchev–Trinajstić information content (AvgIpc) is 2.40. The Hall–Kier alpha value is -1.69. The first-order valence-corrected chi connectivity index (χ1v) is 7.45. The van der Waals surface area contributed by atoms with Gasteiger partial charge in [-0.1, -0.05) is 13.8 Å². The molecule has 0 bridgehead atoms. The van der Waals surface area contributed by atoms with E-state index in [1.165, 1.54) is 6.07 Å². The molecule has 0 aliphatic heterocycles. The maximum atomic E-state index is 13.7. The largest absolute Gasteiger partial charge is 0.383 e. The lowest BCUT2D eigenvalue weighted by Gasteiger charge is -2.15. The van der Waals surface area contributed by atoms with E-state index in [2.05, 4.69) is 31.2 Å². The summed E-state index contributed by atoms with van der Waals surface area (Å²) in [6.07, 6.45) is 0. The van der Waals surface area contributed by atoms with Crippen molar-refractivity contribution >= 4 is 33.3 Å². The number of nitrogens with two attached hydrogens (primary N) is 1. The summed E-state index contributed by atoms with van der Waals surface area (Å²) in [7, 11) is 0.